The summed E-state index contributed by atoms with van der Waals surface area (Å²) in [5.41, 5.74) is 7.78. The number of rotatable bonds is 5. The van der Waals surface area contributed by atoms with E-state index in [9.17, 15) is 0 Å². The molecule has 0 saturated heterocycles. The molecule has 0 aliphatic carbocycles. The van der Waals surface area contributed by atoms with E-state index in [-0.39, 0.29) is 4.99 Å². The van der Waals surface area contributed by atoms with E-state index in [1.165, 1.54) is 10.8 Å². The highest BCUT2D eigenvalue weighted by Gasteiger charge is 2.03. The van der Waals surface area contributed by atoms with Gasteiger partial charge < -0.3 is 10.5 Å². The number of thiocarbonyl (C=S) groups is 1. The van der Waals surface area contributed by atoms with Gasteiger partial charge in [-0.2, -0.15) is 5.26 Å². The third-order valence-corrected chi connectivity index (χ3v) is 4.07. The molecule has 3 rings (SSSR count). The summed E-state index contributed by atoms with van der Waals surface area (Å²) in [7, 11) is 0. The molecule has 0 aromatic heterocycles. The summed E-state index contributed by atoms with van der Waals surface area (Å²) in [5.74, 6) is 0.763. The summed E-state index contributed by atoms with van der Waals surface area (Å²) in [6, 6.07) is 23.9. The van der Waals surface area contributed by atoms with Crippen molar-refractivity contribution in [3.05, 3.63) is 83.4 Å². The van der Waals surface area contributed by atoms with Crippen molar-refractivity contribution in [3.8, 4) is 11.8 Å². The molecule has 122 valence electrons. The van der Waals surface area contributed by atoms with Crippen molar-refractivity contribution in [2.75, 3.05) is 0 Å². The van der Waals surface area contributed by atoms with Gasteiger partial charge in [-0.15, -0.1) is 0 Å². The molecule has 0 spiro atoms. The molecule has 0 fully saturated rings. The van der Waals surface area contributed by atoms with Crippen molar-refractivity contribution in [1.82, 2.24) is 0 Å². The quantitative estimate of drug-likeness (QED) is 0.417. The highest BCUT2D eigenvalue weighted by atomic mass is 32.1. The molecule has 0 unspecified atom stereocenters. The number of benzene rings is 3. The van der Waals surface area contributed by atoms with Gasteiger partial charge in [0.05, 0.1) is 5.57 Å². The largest absolute Gasteiger partial charge is 0.489 e. The molecule has 3 aromatic carbocycles. The molecular formula is C21H16N2OS. The second-order valence-corrected chi connectivity index (χ2v) is 5.97. The fourth-order valence-electron chi connectivity index (χ4n) is 2.56. The molecule has 0 atom stereocenters. The molecule has 3 nitrogen and oxygen atoms in total. The normalized spacial score (nSPS) is 11.1. The summed E-state index contributed by atoms with van der Waals surface area (Å²) in [6.45, 7) is 0.493. The van der Waals surface area contributed by atoms with Crippen molar-refractivity contribution >= 4 is 34.1 Å². The second-order valence-electron chi connectivity index (χ2n) is 5.53. The molecular weight excluding hydrogens is 328 g/mol. The number of hydrogen-bond acceptors (Lipinski definition) is 3. The highest BCUT2D eigenvalue weighted by molar-refractivity contribution is 7.80. The zero-order valence-corrected chi connectivity index (χ0v) is 14.3. The van der Waals surface area contributed by atoms with E-state index in [0.717, 1.165) is 16.9 Å². The van der Waals surface area contributed by atoms with Gasteiger partial charge in [0.1, 0.15) is 23.4 Å². The second kappa shape index (κ2) is 7.61. The van der Waals surface area contributed by atoms with Crippen molar-refractivity contribution in [2.45, 2.75) is 6.61 Å². The van der Waals surface area contributed by atoms with Gasteiger partial charge in [0.25, 0.3) is 0 Å². The van der Waals surface area contributed by atoms with E-state index in [1.807, 2.05) is 48.5 Å². The van der Waals surface area contributed by atoms with Gasteiger partial charge in [-0.1, -0.05) is 66.8 Å². The van der Waals surface area contributed by atoms with Crippen molar-refractivity contribution in [2.24, 2.45) is 5.73 Å². The summed E-state index contributed by atoms with van der Waals surface area (Å²) in [5, 5.41) is 11.4. The van der Waals surface area contributed by atoms with Crippen molar-refractivity contribution in [3.63, 3.8) is 0 Å². The third kappa shape index (κ3) is 4.03. The summed E-state index contributed by atoms with van der Waals surface area (Å²) in [6.07, 6.45) is 1.66. The van der Waals surface area contributed by atoms with E-state index in [1.54, 1.807) is 6.08 Å². The van der Waals surface area contributed by atoms with Crippen LogP contribution in [0.25, 0.3) is 16.8 Å². The maximum atomic E-state index is 9.00. The maximum Gasteiger partial charge on any atom is 0.119 e. The number of nitrogens with zero attached hydrogens (tertiary/aromatic N) is 1. The fourth-order valence-corrected chi connectivity index (χ4v) is 2.67. The maximum absolute atomic E-state index is 9.00. The Labute approximate surface area is 152 Å². The topological polar surface area (TPSA) is 59.0 Å². The summed E-state index contributed by atoms with van der Waals surface area (Å²) in [4.78, 5) is 0.0961. The van der Waals surface area contributed by atoms with Gasteiger partial charge in [0, 0.05) is 0 Å². The Balaban J connectivity index is 1.74. The molecule has 25 heavy (non-hydrogen) atoms. The van der Waals surface area contributed by atoms with Gasteiger partial charge in [-0.25, -0.2) is 0 Å². The van der Waals surface area contributed by atoms with E-state index >= 15 is 0 Å². The number of hydrogen-bond donors (Lipinski definition) is 1. The first kappa shape index (κ1) is 16.7. The Bertz CT molecular complexity index is 979. The van der Waals surface area contributed by atoms with E-state index in [2.05, 4.69) is 24.3 Å². The Hall–Kier alpha value is -3.16. The zero-order chi connectivity index (χ0) is 17.6. The number of nitrogens with two attached hydrogens (primary N) is 1. The predicted molar refractivity (Wildman–Crippen MR) is 105 cm³/mol. The van der Waals surface area contributed by atoms with E-state index in [4.69, 9.17) is 28.0 Å². The number of nitriles is 1. The molecule has 0 bridgehead atoms. The smallest absolute Gasteiger partial charge is 0.119 e. The first-order valence-corrected chi connectivity index (χ1v) is 8.19. The average Bonchev–Trinajstić information content (AvgIpc) is 2.65. The van der Waals surface area contributed by atoms with Crippen molar-refractivity contribution in [1.29, 1.82) is 5.26 Å². The van der Waals surface area contributed by atoms with Gasteiger partial charge in [-0.05, 0) is 40.1 Å². The minimum atomic E-state index is 0.0961. The van der Waals surface area contributed by atoms with Crippen LogP contribution in [0.15, 0.2) is 72.3 Å². The van der Waals surface area contributed by atoms with Crippen LogP contribution >= 0.6 is 12.2 Å². The minimum absolute atomic E-state index is 0.0961. The standard InChI is InChI=1S/C21H16N2OS/c22-13-18(21(23)25)12-15-8-10-19(11-9-15)24-14-17-6-3-5-16-4-1-2-7-20(16)17/h1-12H,14H2,(H2,23,25)/b18-12+. The number of ether oxygens (including phenoxy) is 1. The molecule has 2 N–H and O–H groups in total. The summed E-state index contributed by atoms with van der Waals surface area (Å²) >= 11 is 4.84. The van der Waals surface area contributed by atoms with Crippen LogP contribution in [0.5, 0.6) is 5.75 Å². The third-order valence-electron chi connectivity index (χ3n) is 3.85. The van der Waals surface area contributed by atoms with Gasteiger partial charge in [0.15, 0.2) is 0 Å². The predicted octanol–water partition coefficient (Wildman–Crippen LogP) is 4.61. The van der Waals surface area contributed by atoms with Gasteiger partial charge in [-0.3, -0.25) is 0 Å². The van der Waals surface area contributed by atoms with Gasteiger partial charge in [0.2, 0.25) is 0 Å². The fraction of sp³-hybridized carbons (Fsp3) is 0.0476. The van der Waals surface area contributed by atoms with Crippen LogP contribution < -0.4 is 10.5 Å². The number of fused-ring (bicyclic) bond motifs is 1. The van der Waals surface area contributed by atoms with Crippen LogP contribution in [0.4, 0.5) is 0 Å². The Morgan fingerprint density at radius 2 is 1.76 bits per heavy atom. The highest BCUT2D eigenvalue weighted by Crippen LogP contribution is 2.21. The lowest BCUT2D eigenvalue weighted by Gasteiger charge is -2.09. The molecule has 4 heteroatoms. The Kier molecular flexibility index (Phi) is 5.08. The molecule has 0 aliphatic heterocycles. The van der Waals surface area contributed by atoms with Crippen LogP contribution in [0.2, 0.25) is 0 Å². The van der Waals surface area contributed by atoms with Crippen LogP contribution in [-0.2, 0) is 6.61 Å². The molecule has 0 heterocycles. The first-order valence-electron chi connectivity index (χ1n) is 7.78. The van der Waals surface area contributed by atoms with E-state index in [0.29, 0.717) is 12.2 Å². The first-order chi connectivity index (χ1) is 12.2. The van der Waals surface area contributed by atoms with E-state index < -0.39 is 0 Å². The lowest BCUT2D eigenvalue weighted by atomic mass is 10.1. The van der Waals surface area contributed by atoms with Crippen LogP contribution in [0, 0.1) is 11.3 Å². The minimum Gasteiger partial charge on any atom is -0.489 e. The molecule has 3 aromatic rings. The van der Waals surface area contributed by atoms with Crippen LogP contribution in [-0.4, -0.2) is 4.99 Å². The average molecular weight is 344 g/mol. The lowest BCUT2D eigenvalue weighted by molar-refractivity contribution is 0.307. The monoisotopic (exact) mass is 344 g/mol. The van der Waals surface area contributed by atoms with Crippen LogP contribution in [0.1, 0.15) is 11.1 Å². The molecule has 0 radical (unpaired) electrons. The van der Waals surface area contributed by atoms with Crippen LogP contribution in [0.3, 0.4) is 0 Å². The molecule has 0 amide bonds. The zero-order valence-electron chi connectivity index (χ0n) is 13.5. The van der Waals surface area contributed by atoms with Gasteiger partial charge >= 0.3 is 0 Å². The SMILES string of the molecule is N#C/C(=C\c1ccc(OCc2cccc3ccccc23)cc1)C(N)=S. The molecule has 0 saturated carbocycles. The summed E-state index contributed by atoms with van der Waals surface area (Å²) < 4.78 is 5.90. The Morgan fingerprint density at radius 3 is 2.48 bits per heavy atom. The molecule has 0 aliphatic rings. The Morgan fingerprint density at radius 1 is 1.04 bits per heavy atom. The lowest BCUT2D eigenvalue weighted by Crippen LogP contribution is -2.09. The van der Waals surface area contributed by atoms with Crippen molar-refractivity contribution < 1.29 is 4.74 Å².